The Hall–Kier alpha value is -1.30. The lowest BCUT2D eigenvalue weighted by Crippen LogP contribution is -2.46. The van der Waals surface area contributed by atoms with Crippen LogP contribution in [0.4, 0.5) is 4.79 Å². The van der Waals surface area contributed by atoms with Gasteiger partial charge in [-0.25, -0.2) is 9.59 Å². The molecule has 6 heteroatoms. The summed E-state index contributed by atoms with van der Waals surface area (Å²) in [4.78, 5) is 24.7. The number of likely N-dealkylation sites (tertiary alicyclic amines) is 1. The first-order valence-electron chi connectivity index (χ1n) is 7.09. The summed E-state index contributed by atoms with van der Waals surface area (Å²) in [5.74, 6) is -0.917. The molecule has 2 rings (SSSR count). The molecule has 114 valence electrons. The van der Waals surface area contributed by atoms with E-state index in [2.05, 4.69) is 0 Å². The van der Waals surface area contributed by atoms with Crippen molar-refractivity contribution in [3.8, 4) is 0 Å². The number of nitrogens with zero attached hydrogens (tertiary/aromatic N) is 1. The Labute approximate surface area is 119 Å². The van der Waals surface area contributed by atoms with Crippen LogP contribution in [0.3, 0.4) is 0 Å². The maximum atomic E-state index is 12.0. The largest absolute Gasteiger partial charge is 0.479 e. The van der Waals surface area contributed by atoms with Gasteiger partial charge in [-0.3, -0.25) is 0 Å². The summed E-state index contributed by atoms with van der Waals surface area (Å²) < 4.78 is 11.1. The molecule has 20 heavy (non-hydrogen) atoms. The average molecular weight is 285 g/mol. The standard InChI is InChI=1S/C14H23NO5/c1-13(2,3)20-12(18)15-8-7-14(9-15)6-4-5-10(19-14)11(16)17/h10H,4-9H2,1-3H3,(H,16,17). The van der Waals surface area contributed by atoms with Gasteiger partial charge >= 0.3 is 12.1 Å². The highest BCUT2D eigenvalue weighted by Gasteiger charge is 2.46. The first-order valence-corrected chi connectivity index (χ1v) is 7.09. The molecule has 2 saturated heterocycles. The monoisotopic (exact) mass is 285 g/mol. The lowest BCUT2D eigenvalue weighted by molar-refractivity contribution is -0.172. The Morgan fingerprint density at radius 1 is 1.35 bits per heavy atom. The van der Waals surface area contributed by atoms with Gasteiger partial charge in [0.05, 0.1) is 12.1 Å². The summed E-state index contributed by atoms with van der Waals surface area (Å²) in [6, 6.07) is 0. The van der Waals surface area contributed by atoms with Gasteiger partial charge in [0.2, 0.25) is 0 Å². The zero-order valence-electron chi connectivity index (χ0n) is 12.3. The molecule has 6 nitrogen and oxygen atoms in total. The molecule has 1 amide bonds. The molecule has 0 aromatic carbocycles. The fourth-order valence-corrected chi connectivity index (χ4v) is 2.83. The van der Waals surface area contributed by atoms with Crippen molar-refractivity contribution in [1.82, 2.24) is 4.90 Å². The van der Waals surface area contributed by atoms with Gasteiger partial charge in [-0.1, -0.05) is 0 Å². The molecule has 2 aliphatic heterocycles. The van der Waals surface area contributed by atoms with Crippen molar-refractivity contribution in [2.75, 3.05) is 13.1 Å². The van der Waals surface area contributed by atoms with Gasteiger partial charge in [0.25, 0.3) is 0 Å². The van der Waals surface area contributed by atoms with Crippen molar-refractivity contribution in [2.24, 2.45) is 0 Å². The lowest BCUT2D eigenvalue weighted by atomic mass is 9.90. The molecule has 0 bridgehead atoms. The van der Waals surface area contributed by atoms with E-state index < -0.39 is 23.3 Å². The van der Waals surface area contributed by atoms with Crippen molar-refractivity contribution < 1.29 is 24.2 Å². The van der Waals surface area contributed by atoms with Crippen molar-refractivity contribution in [3.63, 3.8) is 0 Å². The van der Waals surface area contributed by atoms with Gasteiger partial charge in [0, 0.05) is 6.54 Å². The van der Waals surface area contributed by atoms with Gasteiger partial charge in [0.1, 0.15) is 5.60 Å². The van der Waals surface area contributed by atoms with Crippen LogP contribution in [0.25, 0.3) is 0 Å². The minimum atomic E-state index is -0.917. The van der Waals surface area contributed by atoms with Gasteiger partial charge in [-0.15, -0.1) is 0 Å². The zero-order valence-corrected chi connectivity index (χ0v) is 12.3. The number of rotatable bonds is 1. The van der Waals surface area contributed by atoms with E-state index in [4.69, 9.17) is 14.6 Å². The van der Waals surface area contributed by atoms with Crippen LogP contribution in [0.15, 0.2) is 0 Å². The summed E-state index contributed by atoms with van der Waals surface area (Å²) in [6.07, 6.45) is 1.74. The third-order valence-electron chi connectivity index (χ3n) is 3.73. The molecule has 1 spiro atoms. The van der Waals surface area contributed by atoms with Crippen LogP contribution >= 0.6 is 0 Å². The Morgan fingerprint density at radius 3 is 2.65 bits per heavy atom. The number of hydrogen-bond acceptors (Lipinski definition) is 4. The van der Waals surface area contributed by atoms with Crippen LogP contribution < -0.4 is 0 Å². The van der Waals surface area contributed by atoms with Crippen LogP contribution in [-0.2, 0) is 14.3 Å². The van der Waals surface area contributed by atoms with Crippen LogP contribution in [-0.4, -0.2) is 52.5 Å². The van der Waals surface area contributed by atoms with E-state index in [1.54, 1.807) is 4.90 Å². The van der Waals surface area contributed by atoms with E-state index in [9.17, 15) is 9.59 Å². The second kappa shape index (κ2) is 5.24. The van der Waals surface area contributed by atoms with E-state index in [1.165, 1.54) is 0 Å². The van der Waals surface area contributed by atoms with Crippen molar-refractivity contribution in [2.45, 2.75) is 63.8 Å². The second-order valence-corrected chi connectivity index (χ2v) is 6.67. The van der Waals surface area contributed by atoms with E-state index >= 15 is 0 Å². The molecule has 2 atom stereocenters. The minimum Gasteiger partial charge on any atom is -0.479 e. The predicted octanol–water partition coefficient (Wildman–Crippen LogP) is 2.02. The fourth-order valence-electron chi connectivity index (χ4n) is 2.83. The SMILES string of the molecule is CC(C)(C)OC(=O)N1CCC2(CCCC(C(=O)O)O2)C1. The van der Waals surface area contributed by atoms with E-state index in [1.807, 2.05) is 20.8 Å². The number of carboxylic acids is 1. The molecule has 2 heterocycles. The summed E-state index contributed by atoms with van der Waals surface area (Å²) in [6.45, 7) is 6.46. The minimum absolute atomic E-state index is 0.351. The number of carboxylic acid groups (broad SMARTS) is 1. The van der Waals surface area contributed by atoms with E-state index in [0.717, 1.165) is 12.8 Å². The molecule has 0 aromatic rings. The Bertz CT molecular complexity index is 403. The Morgan fingerprint density at radius 2 is 2.05 bits per heavy atom. The highest BCUT2D eigenvalue weighted by atomic mass is 16.6. The summed E-state index contributed by atoms with van der Waals surface area (Å²) in [5, 5.41) is 9.08. The highest BCUT2D eigenvalue weighted by molar-refractivity contribution is 5.72. The predicted molar refractivity (Wildman–Crippen MR) is 71.5 cm³/mol. The van der Waals surface area contributed by atoms with Gasteiger partial charge in [0.15, 0.2) is 6.10 Å². The first-order chi connectivity index (χ1) is 9.21. The van der Waals surface area contributed by atoms with Crippen molar-refractivity contribution in [1.29, 1.82) is 0 Å². The Kier molecular flexibility index (Phi) is 3.95. The number of ether oxygens (including phenoxy) is 2. The summed E-state index contributed by atoms with van der Waals surface area (Å²) in [5.41, 5.74) is -1.03. The van der Waals surface area contributed by atoms with Crippen LogP contribution in [0, 0.1) is 0 Å². The molecular formula is C14H23NO5. The Balaban J connectivity index is 1.97. The number of carbonyl (C=O) groups excluding carboxylic acids is 1. The van der Waals surface area contributed by atoms with Crippen molar-refractivity contribution >= 4 is 12.1 Å². The molecule has 2 fully saturated rings. The highest BCUT2D eigenvalue weighted by Crippen LogP contribution is 2.37. The molecule has 2 unspecified atom stereocenters. The topological polar surface area (TPSA) is 76.1 Å². The van der Waals surface area contributed by atoms with Crippen molar-refractivity contribution in [3.05, 3.63) is 0 Å². The maximum Gasteiger partial charge on any atom is 0.410 e. The molecule has 1 N–H and O–H groups in total. The van der Waals surface area contributed by atoms with Gasteiger partial charge in [-0.2, -0.15) is 0 Å². The molecule has 2 aliphatic rings. The van der Waals surface area contributed by atoms with Crippen LogP contribution in [0.1, 0.15) is 46.5 Å². The van der Waals surface area contributed by atoms with Crippen LogP contribution in [0.2, 0.25) is 0 Å². The van der Waals surface area contributed by atoms with Crippen LogP contribution in [0.5, 0.6) is 0 Å². The summed E-state index contributed by atoms with van der Waals surface area (Å²) in [7, 11) is 0. The number of aliphatic carboxylic acids is 1. The smallest absolute Gasteiger partial charge is 0.410 e. The van der Waals surface area contributed by atoms with E-state index in [-0.39, 0.29) is 6.09 Å². The average Bonchev–Trinajstić information content (AvgIpc) is 2.71. The maximum absolute atomic E-state index is 12.0. The third kappa shape index (κ3) is 3.42. The first kappa shape index (κ1) is 15.1. The molecular weight excluding hydrogens is 262 g/mol. The molecule has 0 aromatic heterocycles. The lowest BCUT2D eigenvalue weighted by Gasteiger charge is -2.36. The second-order valence-electron chi connectivity index (χ2n) is 6.67. The van der Waals surface area contributed by atoms with Gasteiger partial charge < -0.3 is 19.5 Å². The number of carbonyl (C=O) groups is 2. The molecule has 0 saturated carbocycles. The molecule has 0 aliphatic carbocycles. The fraction of sp³-hybridized carbons (Fsp3) is 0.857. The quantitative estimate of drug-likeness (QED) is 0.797. The number of hydrogen-bond donors (Lipinski definition) is 1. The van der Waals surface area contributed by atoms with E-state index in [0.29, 0.717) is 25.9 Å². The number of amides is 1. The summed E-state index contributed by atoms with van der Waals surface area (Å²) >= 11 is 0. The normalized spacial score (nSPS) is 30.6. The zero-order chi connectivity index (χ0) is 15.0. The molecule has 0 radical (unpaired) electrons. The third-order valence-corrected chi connectivity index (χ3v) is 3.73. The van der Waals surface area contributed by atoms with Gasteiger partial charge in [-0.05, 0) is 46.5 Å².